The van der Waals surface area contributed by atoms with Crippen LogP contribution in [0.15, 0.2) is 18.2 Å². The van der Waals surface area contributed by atoms with Crippen molar-refractivity contribution in [2.24, 2.45) is 5.92 Å². The van der Waals surface area contributed by atoms with Crippen LogP contribution >= 0.6 is 0 Å². The fraction of sp³-hybridized carbons (Fsp3) is 0.611. The third kappa shape index (κ3) is 3.50. The van der Waals surface area contributed by atoms with E-state index >= 15 is 0 Å². The molecule has 3 rings (SSSR count). The van der Waals surface area contributed by atoms with Crippen molar-refractivity contribution in [2.45, 2.75) is 37.7 Å². The maximum atomic E-state index is 13.4. The van der Waals surface area contributed by atoms with Crippen LogP contribution in [0.4, 0.5) is 4.39 Å². The number of rotatable bonds is 6. The molecule has 1 aliphatic heterocycles. The topological polar surface area (TPSA) is 38.8 Å². The largest absolute Gasteiger partial charge is 0.494 e. The molecule has 4 nitrogen and oxygen atoms in total. The van der Waals surface area contributed by atoms with E-state index in [-0.39, 0.29) is 23.4 Å². The first-order chi connectivity index (χ1) is 11.1. The second-order valence-corrected chi connectivity index (χ2v) is 6.62. The lowest BCUT2D eigenvalue weighted by molar-refractivity contribution is -0.136. The van der Waals surface area contributed by atoms with Gasteiger partial charge in [-0.25, -0.2) is 4.39 Å². The second kappa shape index (κ2) is 6.87. The lowest BCUT2D eigenvalue weighted by Gasteiger charge is -2.40. The van der Waals surface area contributed by atoms with Gasteiger partial charge in [0.1, 0.15) is 0 Å². The minimum atomic E-state index is -0.349. The van der Waals surface area contributed by atoms with Gasteiger partial charge in [0.15, 0.2) is 11.6 Å². The molecule has 0 radical (unpaired) electrons. The fourth-order valence-electron chi connectivity index (χ4n) is 3.41. The zero-order chi connectivity index (χ0) is 16.4. The van der Waals surface area contributed by atoms with Crippen LogP contribution in [0.25, 0.3) is 0 Å². The van der Waals surface area contributed by atoms with Gasteiger partial charge in [-0.1, -0.05) is 6.07 Å². The van der Waals surface area contributed by atoms with E-state index in [0.29, 0.717) is 18.4 Å². The van der Waals surface area contributed by atoms with E-state index in [0.717, 1.165) is 37.9 Å². The number of amides is 1. The van der Waals surface area contributed by atoms with Crippen molar-refractivity contribution >= 4 is 5.91 Å². The molecule has 0 aromatic heterocycles. The van der Waals surface area contributed by atoms with Gasteiger partial charge in [-0.2, -0.15) is 0 Å². The molecule has 5 heteroatoms. The summed E-state index contributed by atoms with van der Waals surface area (Å²) in [4.78, 5) is 14.1. The number of likely N-dealkylation sites (tertiary alicyclic amines) is 1. The van der Waals surface area contributed by atoms with Gasteiger partial charge in [0.2, 0.25) is 5.91 Å². The summed E-state index contributed by atoms with van der Waals surface area (Å²) in [5.41, 5.74) is 1.04. The molecule has 0 N–H and O–H groups in total. The predicted octanol–water partition coefficient (Wildman–Crippen LogP) is 2.97. The molecule has 23 heavy (non-hydrogen) atoms. The number of hydrogen-bond donors (Lipinski definition) is 0. The van der Waals surface area contributed by atoms with Gasteiger partial charge in [0, 0.05) is 32.5 Å². The van der Waals surface area contributed by atoms with Gasteiger partial charge < -0.3 is 14.4 Å². The van der Waals surface area contributed by atoms with Crippen LogP contribution in [-0.2, 0) is 9.53 Å². The van der Waals surface area contributed by atoms with Crippen LogP contribution < -0.4 is 4.74 Å². The molecule has 1 aromatic rings. The van der Waals surface area contributed by atoms with Crippen molar-refractivity contribution in [3.63, 3.8) is 0 Å². The normalized spacial score (nSPS) is 24.0. The average molecular weight is 321 g/mol. The number of ether oxygens (including phenoxy) is 2. The number of carbonyl (C=O) groups is 1. The summed E-state index contributed by atoms with van der Waals surface area (Å²) in [5, 5.41) is 0. The van der Waals surface area contributed by atoms with Crippen molar-refractivity contribution in [2.75, 3.05) is 27.3 Å². The molecule has 126 valence electrons. The standard InChI is InChI=1S/C18H24FNO3/c1-22-15-7-12(8-15)3-6-18(21)20-10-14(11-20)13-4-5-16(19)17(9-13)23-2/h4-5,9,12,14-15H,3,6-8,10-11H2,1-2H3. The highest BCUT2D eigenvalue weighted by molar-refractivity contribution is 5.77. The molecular weight excluding hydrogens is 297 g/mol. The first-order valence-electron chi connectivity index (χ1n) is 8.24. The summed E-state index contributed by atoms with van der Waals surface area (Å²) in [6.07, 6.45) is 4.16. The smallest absolute Gasteiger partial charge is 0.222 e. The Morgan fingerprint density at radius 2 is 2.04 bits per heavy atom. The van der Waals surface area contributed by atoms with Crippen molar-refractivity contribution in [1.82, 2.24) is 4.90 Å². The molecule has 2 fully saturated rings. The van der Waals surface area contributed by atoms with Gasteiger partial charge >= 0.3 is 0 Å². The highest BCUT2D eigenvalue weighted by Crippen LogP contribution is 2.35. The predicted molar refractivity (Wildman–Crippen MR) is 85.0 cm³/mol. The number of benzene rings is 1. The Kier molecular flexibility index (Phi) is 4.85. The van der Waals surface area contributed by atoms with Gasteiger partial charge in [0.25, 0.3) is 0 Å². The van der Waals surface area contributed by atoms with Crippen LogP contribution in [0, 0.1) is 11.7 Å². The Morgan fingerprint density at radius 1 is 1.30 bits per heavy atom. The van der Waals surface area contributed by atoms with Crippen LogP contribution in [-0.4, -0.2) is 44.2 Å². The molecule has 1 saturated heterocycles. The Morgan fingerprint density at radius 3 is 2.70 bits per heavy atom. The molecule has 0 unspecified atom stereocenters. The minimum Gasteiger partial charge on any atom is -0.494 e. The van der Waals surface area contributed by atoms with Crippen molar-refractivity contribution in [3.05, 3.63) is 29.6 Å². The molecule has 0 bridgehead atoms. The highest BCUT2D eigenvalue weighted by atomic mass is 19.1. The zero-order valence-electron chi connectivity index (χ0n) is 13.8. The Balaban J connectivity index is 1.42. The lowest BCUT2D eigenvalue weighted by atomic mass is 9.79. The quantitative estimate of drug-likeness (QED) is 0.808. The molecular formula is C18H24FNO3. The number of nitrogens with zero attached hydrogens (tertiary/aromatic N) is 1. The summed E-state index contributed by atoms with van der Waals surface area (Å²) in [6.45, 7) is 1.44. The van der Waals surface area contributed by atoms with E-state index < -0.39 is 0 Å². The Hall–Kier alpha value is -1.62. The van der Waals surface area contributed by atoms with E-state index in [1.165, 1.54) is 13.2 Å². The SMILES string of the molecule is COc1cc(C2CN(C(=O)CCC3CC(OC)C3)C2)ccc1F. The summed E-state index contributed by atoms with van der Waals surface area (Å²) in [7, 11) is 3.21. The average Bonchev–Trinajstić information content (AvgIpc) is 2.46. The van der Waals surface area contributed by atoms with E-state index in [9.17, 15) is 9.18 Å². The van der Waals surface area contributed by atoms with Crippen LogP contribution in [0.5, 0.6) is 5.75 Å². The second-order valence-electron chi connectivity index (χ2n) is 6.62. The molecule has 2 aliphatic rings. The van der Waals surface area contributed by atoms with E-state index in [4.69, 9.17) is 9.47 Å². The fourth-order valence-corrected chi connectivity index (χ4v) is 3.41. The molecule has 0 atom stereocenters. The Labute approximate surface area is 136 Å². The number of methoxy groups -OCH3 is 2. The van der Waals surface area contributed by atoms with Crippen molar-refractivity contribution in [1.29, 1.82) is 0 Å². The molecule has 1 heterocycles. The summed E-state index contributed by atoms with van der Waals surface area (Å²) < 4.78 is 23.7. The van der Waals surface area contributed by atoms with Crippen molar-refractivity contribution < 1.29 is 18.7 Å². The maximum Gasteiger partial charge on any atom is 0.222 e. The number of halogens is 1. The van der Waals surface area contributed by atoms with Gasteiger partial charge in [-0.15, -0.1) is 0 Å². The van der Waals surface area contributed by atoms with Crippen LogP contribution in [0.1, 0.15) is 37.2 Å². The highest BCUT2D eigenvalue weighted by Gasteiger charge is 2.34. The van der Waals surface area contributed by atoms with Gasteiger partial charge in [-0.3, -0.25) is 4.79 Å². The summed E-state index contributed by atoms with van der Waals surface area (Å²) in [5.74, 6) is 1.08. The van der Waals surface area contributed by atoms with Crippen LogP contribution in [0.3, 0.4) is 0 Å². The number of hydrogen-bond acceptors (Lipinski definition) is 3. The summed E-state index contributed by atoms with van der Waals surface area (Å²) in [6, 6.07) is 4.95. The van der Waals surface area contributed by atoms with E-state index in [2.05, 4.69) is 0 Å². The first-order valence-corrected chi connectivity index (χ1v) is 8.24. The van der Waals surface area contributed by atoms with Gasteiger partial charge in [-0.05, 0) is 42.9 Å². The van der Waals surface area contributed by atoms with Crippen molar-refractivity contribution in [3.8, 4) is 5.75 Å². The lowest BCUT2D eigenvalue weighted by Crippen LogP contribution is -2.48. The Bertz CT molecular complexity index is 565. The van der Waals surface area contributed by atoms with Gasteiger partial charge in [0.05, 0.1) is 13.2 Å². The molecule has 1 saturated carbocycles. The molecule has 1 aromatic carbocycles. The summed E-state index contributed by atoms with van der Waals surface area (Å²) >= 11 is 0. The monoisotopic (exact) mass is 321 g/mol. The third-order valence-electron chi connectivity index (χ3n) is 5.17. The molecule has 0 spiro atoms. The minimum absolute atomic E-state index is 0.233. The first kappa shape index (κ1) is 16.2. The molecule has 1 aliphatic carbocycles. The zero-order valence-corrected chi connectivity index (χ0v) is 13.8. The molecule has 1 amide bonds. The van der Waals surface area contributed by atoms with Crippen LogP contribution in [0.2, 0.25) is 0 Å². The maximum absolute atomic E-state index is 13.4. The third-order valence-corrected chi connectivity index (χ3v) is 5.17. The number of carbonyl (C=O) groups excluding carboxylic acids is 1. The van der Waals surface area contributed by atoms with E-state index in [1.807, 2.05) is 4.90 Å². The van der Waals surface area contributed by atoms with E-state index in [1.54, 1.807) is 19.2 Å².